The van der Waals surface area contributed by atoms with Gasteiger partial charge < -0.3 is 4.74 Å². The molecule has 1 amide bonds. The third-order valence-electron chi connectivity index (χ3n) is 3.53. The zero-order valence-electron chi connectivity index (χ0n) is 13.5. The molecule has 21 heavy (non-hydrogen) atoms. The Labute approximate surface area is 129 Å². The standard InChI is InChI=1S/C18H29NO2/c1-3-4-5-6-7-8-9-10-15-21-18(20)19-17-13-11-16(2)12-14-17/h11-14H,3-10,15H2,1-2H3,(H,19,20). The van der Waals surface area contributed by atoms with Gasteiger partial charge in [-0.15, -0.1) is 0 Å². The first-order valence-electron chi connectivity index (χ1n) is 8.23. The number of benzene rings is 1. The van der Waals surface area contributed by atoms with E-state index in [0.29, 0.717) is 6.61 Å². The molecule has 1 N–H and O–H groups in total. The van der Waals surface area contributed by atoms with Crippen molar-refractivity contribution in [1.82, 2.24) is 0 Å². The summed E-state index contributed by atoms with van der Waals surface area (Å²) in [6.45, 7) is 4.76. The van der Waals surface area contributed by atoms with Gasteiger partial charge in [-0.3, -0.25) is 5.32 Å². The fourth-order valence-corrected chi connectivity index (χ4v) is 2.19. The molecule has 0 fully saturated rings. The lowest BCUT2D eigenvalue weighted by atomic mass is 10.1. The number of rotatable bonds is 10. The van der Waals surface area contributed by atoms with Crippen LogP contribution in [-0.2, 0) is 4.74 Å². The first kappa shape index (κ1) is 17.5. The van der Waals surface area contributed by atoms with Crippen LogP contribution >= 0.6 is 0 Å². The van der Waals surface area contributed by atoms with E-state index in [9.17, 15) is 4.79 Å². The lowest BCUT2D eigenvalue weighted by Crippen LogP contribution is -2.14. The van der Waals surface area contributed by atoms with Crippen LogP contribution in [0, 0.1) is 6.92 Å². The number of anilines is 1. The second-order valence-corrected chi connectivity index (χ2v) is 5.60. The second-order valence-electron chi connectivity index (χ2n) is 5.60. The number of aryl methyl sites for hydroxylation is 1. The molecule has 0 aliphatic heterocycles. The summed E-state index contributed by atoms with van der Waals surface area (Å²) in [5.74, 6) is 0. The number of unbranched alkanes of at least 4 members (excludes halogenated alkanes) is 7. The van der Waals surface area contributed by atoms with E-state index in [2.05, 4.69) is 12.2 Å². The van der Waals surface area contributed by atoms with Crippen molar-refractivity contribution < 1.29 is 9.53 Å². The number of amides is 1. The van der Waals surface area contributed by atoms with Crippen LogP contribution in [0.5, 0.6) is 0 Å². The van der Waals surface area contributed by atoms with Gasteiger partial charge in [0.05, 0.1) is 6.61 Å². The van der Waals surface area contributed by atoms with E-state index in [1.807, 2.05) is 31.2 Å². The molecule has 118 valence electrons. The van der Waals surface area contributed by atoms with Gasteiger partial charge in [-0.25, -0.2) is 4.79 Å². The van der Waals surface area contributed by atoms with Gasteiger partial charge in [-0.2, -0.15) is 0 Å². The Morgan fingerprint density at radius 2 is 1.52 bits per heavy atom. The third kappa shape index (κ3) is 9.11. The highest BCUT2D eigenvalue weighted by molar-refractivity contribution is 5.84. The first-order valence-corrected chi connectivity index (χ1v) is 8.23. The Morgan fingerprint density at radius 3 is 2.14 bits per heavy atom. The predicted molar refractivity (Wildman–Crippen MR) is 88.8 cm³/mol. The average molecular weight is 291 g/mol. The van der Waals surface area contributed by atoms with E-state index in [1.165, 1.54) is 44.1 Å². The van der Waals surface area contributed by atoms with Gasteiger partial charge >= 0.3 is 6.09 Å². The van der Waals surface area contributed by atoms with Crippen molar-refractivity contribution in [3.8, 4) is 0 Å². The van der Waals surface area contributed by atoms with Gasteiger partial charge in [0.25, 0.3) is 0 Å². The maximum absolute atomic E-state index is 11.6. The molecule has 0 aliphatic rings. The van der Waals surface area contributed by atoms with Gasteiger partial charge in [0.15, 0.2) is 0 Å². The van der Waals surface area contributed by atoms with E-state index < -0.39 is 0 Å². The first-order chi connectivity index (χ1) is 10.2. The summed E-state index contributed by atoms with van der Waals surface area (Å²) >= 11 is 0. The van der Waals surface area contributed by atoms with Crippen LogP contribution in [0.4, 0.5) is 10.5 Å². The normalized spacial score (nSPS) is 10.4. The largest absolute Gasteiger partial charge is 0.449 e. The molecule has 1 aromatic carbocycles. The molecule has 0 heterocycles. The van der Waals surface area contributed by atoms with Gasteiger partial charge in [0, 0.05) is 5.69 Å². The van der Waals surface area contributed by atoms with Crippen molar-refractivity contribution in [3.05, 3.63) is 29.8 Å². The molecule has 1 rings (SSSR count). The van der Waals surface area contributed by atoms with Crippen molar-refractivity contribution in [2.45, 2.75) is 65.2 Å². The smallest absolute Gasteiger partial charge is 0.411 e. The van der Waals surface area contributed by atoms with Crippen molar-refractivity contribution in [3.63, 3.8) is 0 Å². The fraction of sp³-hybridized carbons (Fsp3) is 0.611. The van der Waals surface area contributed by atoms with Crippen molar-refractivity contribution in [2.75, 3.05) is 11.9 Å². The van der Waals surface area contributed by atoms with Crippen LogP contribution in [0.3, 0.4) is 0 Å². The molecule has 0 bridgehead atoms. The molecule has 3 nitrogen and oxygen atoms in total. The van der Waals surface area contributed by atoms with Gasteiger partial charge in [0.2, 0.25) is 0 Å². The predicted octanol–water partition coefficient (Wildman–Crippen LogP) is 5.68. The van der Waals surface area contributed by atoms with Crippen LogP contribution in [-0.4, -0.2) is 12.7 Å². The Hall–Kier alpha value is -1.51. The lowest BCUT2D eigenvalue weighted by molar-refractivity contribution is 0.159. The van der Waals surface area contributed by atoms with Gasteiger partial charge in [-0.1, -0.05) is 69.6 Å². The van der Waals surface area contributed by atoms with E-state index >= 15 is 0 Å². The highest BCUT2D eigenvalue weighted by Crippen LogP contribution is 2.10. The summed E-state index contributed by atoms with van der Waals surface area (Å²) in [7, 11) is 0. The van der Waals surface area contributed by atoms with Crippen LogP contribution in [0.1, 0.15) is 63.9 Å². The average Bonchev–Trinajstić information content (AvgIpc) is 2.48. The molecular weight excluding hydrogens is 262 g/mol. The molecule has 0 saturated heterocycles. The number of carbonyl (C=O) groups is 1. The van der Waals surface area contributed by atoms with E-state index in [4.69, 9.17) is 4.74 Å². The third-order valence-corrected chi connectivity index (χ3v) is 3.53. The summed E-state index contributed by atoms with van der Waals surface area (Å²) in [4.78, 5) is 11.6. The minimum Gasteiger partial charge on any atom is -0.449 e. The molecule has 3 heteroatoms. The van der Waals surface area contributed by atoms with Gasteiger partial charge in [-0.05, 0) is 25.5 Å². The highest BCUT2D eigenvalue weighted by Gasteiger charge is 2.02. The number of nitrogens with one attached hydrogen (secondary N) is 1. The Morgan fingerprint density at radius 1 is 0.952 bits per heavy atom. The summed E-state index contributed by atoms with van der Waals surface area (Å²) in [5.41, 5.74) is 1.95. The zero-order chi connectivity index (χ0) is 15.3. The molecule has 0 spiro atoms. The number of carbonyl (C=O) groups excluding carboxylic acids is 1. The molecule has 0 saturated carbocycles. The number of hydrogen-bond donors (Lipinski definition) is 1. The van der Waals surface area contributed by atoms with Crippen LogP contribution < -0.4 is 5.32 Å². The van der Waals surface area contributed by atoms with E-state index in [0.717, 1.165) is 18.5 Å². The molecule has 0 radical (unpaired) electrons. The maximum atomic E-state index is 11.6. The molecule has 1 aromatic rings. The Kier molecular flexibility index (Phi) is 9.34. The summed E-state index contributed by atoms with van der Waals surface area (Å²) in [6, 6.07) is 7.70. The fourth-order valence-electron chi connectivity index (χ4n) is 2.19. The molecular formula is C18H29NO2. The summed E-state index contributed by atoms with van der Waals surface area (Å²) in [5, 5.41) is 2.73. The minimum atomic E-state index is -0.359. The summed E-state index contributed by atoms with van der Waals surface area (Å²) in [6.07, 6.45) is 9.61. The highest BCUT2D eigenvalue weighted by atomic mass is 16.5. The number of ether oxygens (including phenoxy) is 1. The Balaban J connectivity index is 1.97. The van der Waals surface area contributed by atoms with E-state index in [1.54, 1.807) is 0 Å². The van der Waals surface area contributed by atoms with Crippen molar-refractivity contribution in [1.29, 1.82) is 0 Å². The quantitative estimate of drug-likeness (QED) is 0.563. The Bertz CT molecular complexity index is 387. The van der Waals surface area contributed by atoms with Crippen LogP contribution in [0.15, 0.2) is 24.3 Å². The molecule has 0 aromatic heterocycles. The summed E-state index contributed by atoms with van der Waals surface area (Å²) < 4.78 is 5.17. The minimum absolute atomic E-state index is 0.359. The molecule has 0 unspecified atom stereocenters. The SMILES string of the molecule is CCCCCCCCCCOC(=O)Nc1ccc(C)cc1. The zero-order valence-corrected chi connectivity index (χ0v) is 13.5. The van der Waals surface area contributed by atoms with Crippen molar-refractivity contribution >= 4 is 11.8 Å². The van der Waals surface area contributed by atoms with Gasteiger partial charge in [0.1, 0.15) is 0 Å². The molecule has 0 aliphatic carbocycles. The number of hydrogen-bond acceptors (Lipinski definition) is 2. The monoisotopic (exact) mass is 291 g/mol. The lowest BCUT2D eigenvalue weighted by Gasteiger charge is -2.07. The van der Waals surface area contributed by atoms with Crippen LogP contribution in [0.25, 0.3) is 0 Å². The maximum Gasteiger partial charge on any atom is 0.411 e. The van der Waals surface area contributed by atoms with E-state index in [-0.39, 0.29) is 6.09 Å². The molecule has 0 atom stereocenters. The second kappa shape index (κ2) is 11.2. The van der Waals surface area contributed by atoms with Crippen LogP contribution in [0.2, 0.25) is 0 Å². The topological polar surface area (TPSA) is 38.3 Å². The van der Waals surface area contributed by atoms with Crippen molar-refractivity contribution in [2.24, 2.45) is 0 Å².